The highest BCUT2D eigenvalue weighted by atomic mass is 32.2. The van der Waals surface area contributed by atoms with Crippen LogP contribution in [0.3, 0.4) is 0 Å². The van der Waals surface area contributed by atoms with Crippen molar-refractivity contribution in [2.75, 3.05) is 13.2 Å². The van der Waals surface area contributed by atoms with Crippen LogP contribution in [-0.2, 0) is 14.3 Å². The molecular weight excluding hydrogens is 249 g/mol. The molecule has 0 atom stereocenters. The molecule has 0 amide bonds. The smallest absolute Gasteiger partial charge is 0.392 e. The molecule has 0 aromatic heterocycles. The summed E-state index contributed by atoms with van der Waals surface area (Å²) in [5.41, 5.74) is -5.39. The van der Waals surface area contributed by atoms with Gasteiger partial charge in [0.15, 0.2) is 0 Å². The molecule has 0 radical (unpaired) electrons. The van der Waals surface area contributed by atoms with Gasteiger partial charge in [0, 0.05) is 0 Å². The summed E-state index contributed by atoms with van der Waals surface area (Å²) in [6, 6.07) is 0. The Kier molecular flexibility index (Phi) is 6.31. The Hall–Kier alpha value is -0.860. The van der Waals surface area contributed by atoms with Crippen molar-refractivity contribution in [3.05, 3.63) is 24.3 Å². The van der Waals surface area contributed by atoms with Crippen molar-refractivity contribution >= 4 is 10.1 Å². The fourth-order valence-corrected chi connectivity index (χ4v) is 1.00. The maximum Gasteiger partial charge on any atom is 0.523 e. The Balaban J connectivity index is 3.96. The number of halogens is 3. The summed E-state index contributed by atoms with van der Waals surface area (Å²) in [7, 11) is -5.50. The molecule has 0 saturated heterocycles. The summed E-state index contributed by atoms with van der Waals surface area (Å²) in [5.74, 6) is 0. The standard InChI is InChI=1S/C8H11F3O4S/c9-8(10,11)16(13,14)15-7-5-3-1-2-4-6-12/h2-5,12H,1,6-7H2/b4-2+,5-3+. The monoisotopic (exact) mass is 260 g/mol. The van der Waals surface area contributed by atoms with Gasteiger partial charge >= 0.3 is 15.6 Å². The van der Waals surface area contributed by atoms with Crippen molar-refractivity contribution in [3.8, 4) is 0 Å². The number of aliphatic hydroxyl groups excluding tert-OH is 1. The molecule has 0 heterocycles. The van der Waals surface area contributed by atoms with Crippen LogP contribution in [0.4, 0.5) is 13.2 Å². The number of rotatable bonds is 6. The number of hydrogen-bond donors (Lipinski definition) is 1. The third-order valence-electron chi connectivity index (χ3n) is 1.31. The molecule has 4 nitrogen and oxygen atoms in total. The Morgan fingerprint density at radius 3 is 2.19 bits per heavy atom. The van der Waals surface area contributed by atoms with Crippen molar-refractivity contribution in [3.63, 3.8) is 0 Å². The van der Waals surface area contributed by atoms with E-state index < -0.39 is 22.2 Å². The SMILES string of the molecule is O=S(=O)(OC/C=C/C/C=C/CO)C(F)(F)F. The average molecular weight is 260 g/mol. The lowest BCUT2D eigenvalue weighted by Gasteiger charge is -2.05. The molecule has 0 bridgehead atoms. The summed E-state index contributed by atoms with van der Waals surface area (Å²) >= 11 is 0. The molecule has 1 N–H and O–H groups in total. The average Bonchev–Trinajstić information content (AvgIpc) is 2.14. The summed E-state index contributed by atoms with van der Waals surface area (Å²) in [5, 5.41) is 8.33. The van der Waals surface area contributed by atoms with Crippen LogP contribution in [0.25, 0.3) is 0 Å². The maximum absolute atomic E-state index is 11.7. The van der Waals surface area contributed by atoms with E-state index in [0.29, 0.717) is 6.42 Å². The summed E-state index contributed by atoms with van der Waals surface area (Å²) in [6.07, 6.45) is 5.94. The predicted molar refractivity (Wildman–Crippen MR) is 50.9 cm³/mol. The van der Waals surface area contributed by atoms with Gasteiger partial charge in [-0.05, 0) is 6.42 Å². The van der Waals surface area contributed by atoms with E-state index in [9.17, 15) is 21.6 Å². The fraction of sp³-hybridized carbons (Fsp3) is 0.500. The van der Waals surface area contributed by atoms with Gasteiger partial charge in [-0.15, -0.1) is 0 Å². The molecule has 94 valence electrons. The first kappa shape index (κ1) is 15.1. The second-order valence-corrected chi connectivity index (χ2v) is 4.15. The topological polar surface area (TPSA) is 63.6 Å². The summed E-state index contributed by atoms with van der Waals surface area (Å²) < 4.78 is 59.6. The molecular formula is C8H11F3O4S. The molecule has 0 fully saturated rings. The summed E-state index contributed by atoms with van der Waals surface area (Å²) in [4.78, 5) is 0. The third kappa shape index (κ3) is 5.89. The lowest BCUT2D eigenvalue weighted by molar-refractivity contribution is -0.0535. The molecule has 0 aliphatic heterocycles. The number of allylic oxidation sites excluding steroid dienone is 2. The second-order valence-electron chi connectivity index (χ2n) is 2.55. The first-order valence-corrected chi connectivity index (χ1v) is 5.58. The summed E-state index contributed by atoms with van der Waals surface area (Å²) in [6.45, 7) is -0.804. The van der Waals surface area contributed by atoms with Gasteiger partial charge in [0.05, 0.1) is 13.2 Å². The molecule has 0 spiro atoms. The highest BCUT2D eigenvalue weighted by molar-refractivity contribution is 7.87. The van der Waals surface area contributed by atoms with Crippen LogP contribution in [0, 0.1) is 0 Å². The fourth-order valence-electron chi connectivity index (χ4n) is 0.609. The van der Waals surface area contributed by atoms with E-state index in [1.165, 1.54) is 12.2 Å². The van der Waals surface area contributed by atoms with Crippen LogP contribution in [0.15, 0.2) is 24.3 Å². The van der Waals surface area contributed by atoms with Crippen LogP contribution in [0.1, 0.15) is 6.42 Å². The molecule has 0 aromatic carbocycles. The van der Waals surface area contributed by atoms with Crippen LogP contribution < -0.4 is 0 Å². The Morgan fingerprint density at radius 2 is 1.69 bits per heavy atom. The van der Waals surface area contributed by atoms with Crippen LogP contribution in [-0.4, -0.2) is 32.2 Å². The lowest BCUT2D eigenvalue weighted by Crippen LogP contribution is -2.25. The molecule has 0 aromatic rings. The van der Waals surface area contributed by atoms with E-state index >= 15 is 0 Å². The van der Waals surface area contributed by atoms with Crippen molar-refractivity contribution in [2.45, 2.75) is 11.9 Å². The molecule has 0 aliphatic rings. The normalized spacial score (nSPS) is 14.0. The van der Waals surface area contributed by atoms with Gasteiger partial charge in [0.25, 0.3) is 0 Å². The minimum absolute atomic E-state index is 0.132. The molecule has 0 unspecified atom stereocenters. The molecule has 16 heavy (non-hydrogen) atoms. The van der Waals surface area contributed by atoms with E-state index in [-0.39, 0.29) is 6.61 Å². The zero-order valence-electron chi connectivity index (χ0n) is 8.14. The number of aliphatic hydroxyl groups is 1. The number of alkyl halides is 3. The zero-order valence-corrected chi connectivity index (χ0v) is 8.96. The van der Waals surface area contributed by atoms with Gasteiger partial charge in [-0.3, -0.25) is 4.18 Å². The van der Waals surface area contributed by atoms with E-state index in [4.69, 9.17) is 5.11 Å². The number of hydrogen-bond acceptors (Lipinski definition) is 4. The van der Waals surface area contributed by atoms with Crippen LogP contribution in [0.2, 0.25) is 0 Å². The zero-order chi connectivity index (χ0) is 12.7. The van der Waals surface area contributed by atoms with Gasteiger partial charge in [-0.1, -0.05) is 24.3 Å². The van der Waals surface area contributed by atoms with Gasteiger partial charge in [0.2, 0.25) is 0 Å². The largest absolute Gasteiger partial charge is 0.523 e. The minimum Gasteiger partial charge on any atom is -0.392 e. The Morgan fingerprint density at radius 1 is 1.12 bits per heavy atom. The van der Waals surface area contributed by atoms with E-state index in [0.717, 1.165) is 6.08 Å². The molecule has 8 heteroatoms. The van der Waals surface area contributed by atoms with Gasteiger partial charge < -0.3 is 5.11 Å². The second kappa shape index (κ2) is 6.66. The Bertz CT molecular complexity index is 343. The van der Waals surface area contributed by atoms with E-state index in [1.807, 2.05) is 0 Å². The highest BCUT2D eigenvalue weighted by Gasteiger charge is 2.47. The molecule has 0 saturated carbocycles. The van der Waals surface area contributed by atoms with E-state index in [1.54, 1.807) is 6.08 Å². The first-order chi connectivity index (χ1) is 7.31. The van der Waals surface area contributed by atoms with Crippen molar-refractivity contribution in [1.29, 1.82) is 0 Å². The Labute approximate surface area is 91.2 Å². The molecule has 0 aliphatic carbocycles. The highest BCUT2D eigenvalue weighted by Crippen LogP contribution is 2.24. The van der Waals surface area contributed by atoms with Crippen LogP contribution >= 0.6 is 0 Å². The quantitative estimate of drug-likeness (QED) is 0.445. The first-order valence-electron chi connectivity index (χ1n) is 4.18. The van der Waals surface area contributed by atoms with E-state index in [2.05, 4.69) is 4.18 Å². The molecule has 0 rings (SSSR count). The minimum atomic E-state index is -5.50. The third-order valence-corrected chi connectivity index (χ3v) is 2.33. The van der Waals surface area contributed by atoms with Crippen molar-refractivity contribution in [1.82, 2.24) is 0 Å². The maximum atomic E-state index is 11.7. The van der Waals surface area contributed by atoms with Gasteiger partial charge in [-0.2, -0.15) is 21.6 Å². The van der Waals surface area contributed by atoms with Crippen molar-refractivity contribution in [2.24, 2.45) is 0 Å². The lowest BCUT2D eigenvalue weighted by atomic mass is 10.3. The van der Waals surface area contributed by atoms with Gasteiger partial charge in [-0.25, -0.2) is 0 Å². The van der Waals surface area contributed by atoms with Gasteiger partial charge in [0.1, 0.15) is 0 Å². The van der Waals surface area contributed by atoms with Crippen molar-refractivity contribution < 1.29 is 30.9 Å². The predicted octanol–water partition coefficient (Wildman–Crippen LogP) is 1.35. The van der Waals surface area contributed by atoms with Crippen LogP contribution in [0.5, 0.6) is 0 Å².